The molecule has 9 N–H and O–H groups in total. The Morgan fingerprint density at radius 1 is 0.821 bits per heavy atom. The molecule has 0 heterocycles. The number of carbonyl (C=O) groups excluding carboxylic acids is 3. The molecule has 0 aliphatic carbocycles. The molecule has 9 heteroatoms. The number of nitrogens with zero attached hydrogens (tertiary/aromatic N) is 1. The number of hydrogen-bond acceptors (Lipinski definition) is 5. The van der Waals surface area contributed by atoms with Crippen LogP contribution in [0.3, 0.4) is 0 Å². The number of nitrogens with one attached hydrogen (secondary N) is 1. The van der Waals surface area contributed by atoms with Crippen molar-refractivity contribution < 1.29 is 14.4 Å². The summed E-state index contributed by atoms with van der Waals surface area (Å²) in [4.78, 5) is 43.3. The van der Waals surface area contributed by atoms with E-state index in [1.54, 1.807) is 31.2 Å². The quantitative estimate of drug-likeness (QED) is 0.0980. The number of Topliss-reactive ketones (excluding diaryl/α,β-unsaturated/α-hetero) is 1. The number of guanidine groups is 1. The van der Waals surface area contributed by atoms with Crippen LogP contribution < -0.4 is 28.3 Å². The molecular weight excluding hydrogens is 492 g/mol. The maximum atomic E-state index is 14.3. The van der Waals surface area contributed by atoms with Crippen molar-refractivity contribution in [2.75, 3.05) is 6.54 Å². The Morgan fingerprint density at radius 3 is 1.85 bits per heavy atom. The maximum Gasteiger partial charge on any atom is 0.248 e. The molecule has 0 saturated heterocycles. The number of aliphatic imine (C=N–C) groups is 1. The Kier molecular flexibility index (Phi) is 9.94. The molecule has 0 radical (unpaired) electrons. The van der Waals surface area contributed by atoms with E-state index in [0.717, 1.165) is 22.3 Å². The molecule has 3 rings (SSSR count). The molecule has 0 spiro atoms. The van der Waals surface area contributed by atoms with E-state index >= 15 is 0 Å². The molecule has 0 aliphatic rings. The van der Waals surface area contributed by atoms with Crippen LogP contribution in [-0.2, 0) is 20.8 Å². The third-order valence-electron chi connectivity index (χ3n) is 6.60. The molecule has 0 fully saturated rings. The molecular formula is C30H36N6O3. The van der Waals surface area contributed by atoms with Crippen LogP contribution in [0, 0.1) is 0 Å². The highest BCUT2D eigenvalue weighted by Gasteiger charge is 2.45. The van der Waals surface area contributed by atoms with Gasteiger partial charge < -0.3 is 28.3 Å². The smallest absolute Gasteiger partial charge is 0.248 e. The zero-order valence-corrected chi connectivity index (χ0v) is 22.0. The number of rotatable bonds is 13. The summed E-state index contributed by atoms with van der Waals surface area (Å²) >= 11 is 0. The molecule has 3 aromatic carbocycles. The molecule has 2 amide bonds. The molecule has 2 atom stereocenters. The molecule has 3 aromatic rings. The van der Waals surface area contributed by atoms with Gasteiger partial charge in [-0.1, -0.05) is 84.9 Å². The van der Waals surface area contributed by atoms with Crippen molar-refractivity contribution in [1.82, 2.24) is 5.32 Å². The average molecular weight is 529 g/mol. The summed E-state index contributed by atoms with van der Waals surface area (Å²) in [5.74, 6) is -2.28. The van der Waals surface area contributed by atoms with Gasteiger partial charge in [-0.3, -0.25) is 19.4 Å². The van der Waals surface area contributed by atoms with Crippen LogP contribution in [0.15, 0.2) is 89.9 Å². The van der Waals surface area contributed by atoms with Crippen molar-refractivity contribution >= 4 is 23.6 Å². The van der Waals surface area contributed by atoms with Crippen LogP contribution in [-0.4, -0.2) is 35.6 Å². The van der Waals surface area contributed by atoms with Crippen molar-refractivity contribution in [3.8, 4) is 0 Å². The van der Waals surface area contributed by atoms with Crippen molar-refractivity contribution in [2.24, 2.45) is 27.9 Å². The minimum Gasteiger partial charge on any atom is -0.370 e. The second kappa shape index (κ2) is 13.3. The number of hydrogen-bond donors (Lipinski definition) is 5. The first-order valence-electron chi connectivity index (χ1n) is 12.8. The molecule has 0 unspecified atom stereocenters. The average Bonchev–Trinajstić information content (AvgIpc) is 2.92. The van der Waals surface area contributed by atoms with Gasteiger partial charge in [-0.25, -0.2) is 0 Å². The first-order valence-corrected chi connectivity index (χ1v) is 12.8. The summed E-state index contributed by atoms with van der Waals surface area (Å²) in [6.45, 7) is 2.03. The van der Waals surface area contributed by atoms with Crippen molar-refractivity contribution in [3.63, 3.8) is 0 Å². The van der Waals surface area contributed by atoms with E-state index in [2.05, 4.69) is 10.3 Å². The highest BCUT2D eigenvalue weighted by molar-refractivity contribution is 6.14. The van der Waals surface area contributed by atoms with Gasteiger partial charge in [0, 0.05) is 6.54 Å². The summed E-state index contributed by atoms with van der Waals surface area (Å²) in [5, 5.41) is 2.92. The minimum absolute atomic E-state index is 0.0366. The monoisotopic (exact) mass is 528 g/mol. The highest BCUT2D eigenvalue weighted by atomic mass is 16.2. The standard InChI is InChI=1S/C30H36N6O3/c1-20(22-15-13-21(14-16-22)19-25(31)37)36-28(39)30(34,17-8-18-35-29(32)33)27(38)26(23-9-4-2-5-10-23)24-11-6-3-7-12-24/h2-7,9-16,20,26H,8,17-19,34H2,1H3,(H2,31,37)(H,36,39)(H4,32,33,35)/t20-,30+/m0/s1. The fraction of sp³-hybridized carbons (Fsp3) is 0.267. The van der Waals surface area contributed by atoms with E-state index in [0.29, 0.717) is 6.42 Å². The number of ketones is 1. The SMILES string of the molecule is C[C@H](NC(=O)[C@@](N)(CCCN=C(N)N)C(=O)C(c1ccccc1)c1ccccc1)c1ccc(CC(N)=O)cc1. The van der Waals surface area contributed by atoms with Gasteiger partial charge in [0.1, 0.15) is 0 Å². The molecule has 39 heavy (non-hydrogen) atoms. The lowest BCUT2D eigenvalue weighted by atomic mass is 9.76. The van der Waals surface area contributed by atoms with E-state index in [-0.39, 0.29) is 25.3 Å². The highest BCUT2D eigenvalue weighted by Crippen LogP contribution is 2.31. The Bertz CT molecular complexity index is 1250. The second-order valence-corrected chi connectivity index (χ2v) is 9.58. The predicted octanol–water partition coefficient (Wildman–Crippen LogP) is 2.04. The summed E-state index contributed by atoms with van der Waals surface area (Å²) in [6, 6.07) is 25.2. The van der Waals surface area contributed by atoms with E-state index < -0.39 is 35.1 Å². The van der Waals surface area contributed by atoms with Gasteiger partial charge in [0.2, 0.25) is 11.8 Å². The fourth-order valence-electron chi connectivity index (χ4n) is 4.49. The lowest BCUT2D eigenvalue weighted by Gasteiger charge is -2.32. The number of carbonyl (C=O) groups is 3. The van der Waals surface area contributed by atoms with Crippen molar-refractivity contribution in [2.45, 2.75) is 43.7 Å². The minimum atomic E-state index is -1.87. The van der Waals surface area contributed by atoms with Crippen LogP contribution in [0.25, 0.3) is 0 Å². The Balaban J connectivity index is 1.93. The summed E-state index contributed by atoms with van der Waals surface area (Å²) in [5.41, 5.74) is 24.1. The molecule has 204 valence electrons. The van der Waals surface area contributed by atoms with Gasteiger partial charge >= 0.3 is 0 Å². The van der Waals surface area contributed by atoms with Crippen LogP contribution in [0.2, 0.25) is 0 Å². The van der Waals surface area contributed by atoms with Gasteiger partial charge in [-0.05, 0) is 42.0 Å². The predicted molar refractivity (Wildman–Crippen MR) is 152 cm³/mol. The second-order valence-electron chi connectivity index (χ2n) is 9.58. The van der Waals surface area contributed by atoms with Crippen LogP contribution in [0.5, 0.6) is 0 Å². The van der Waals surface area contributed by atoms with Crippen molar-refractivity contribution in [1.29, 1.82) is 0 Å². The first-order chi connectivity index (χ1) is 18.6. The van der Waals surface area contributed by atoms with Crippen LogP contribution in [0.4, 0.5) is 0 Å². The Morgan fingerprint density at radius 2 is 1.36 bits per heavy atom. The fourth-order valence-corrected chi connectivity index (χ4v) is 4.49. The Hall–Kier alpha value is -4.50. The normalized spacial score (nSPS) is 13.2. The van der Waals surface area contributed by atoms with Gasteiger partial charge in [0.25, 0.3) is 0 Å². The van der Waals surface area contributed by atoms with Crippen LogP contribution in [0.1, 0.15) is 54.0 Å². The number of primary amides is 1. The van der Waals surface area contributed by atoms with Crippen LogP contribution >= 0.6 is 0 Å². The zero-order chi connectivity index (χ0) is 28.4. The first kappa shape index (κ1) is 29.1. The number of nitrogens with two attached hydrogens (primary N) is 4. The summed E-state index contributed by atoms with van der Waals surface area (Å²) in [7, 11) is 0. The van der Waals surface area contributed by atoms with Gasteiger partial charge in [-0.2, -0.15) is 0 Å². The van der Waals surface area contributed by atoms with E-state index in [9.17, 15) is 14.4 Å². The number of benzene rings is 3. The van der Waals surface area contributed by atoms with E-state index in [1.807, 2.05) is 60.7 Å². The molecule has 0 bridgehead atoms. The third kappa shape index (κ3) is 7.75. The molecule has 9 nitrogen and oxygen atoms in total. The summed E-state index contributed by atoms with van der Waals surface area (Å²) in [6.07, 6.45) is 0.479. The lowest BCUT2D eigenvalue weighted by Crippen LogP contribution is -2.61. The zero-order valence-electron chi connectivity index (χ0n) is 22.0. The maximum absolute atomic E-state index is 14.3. The van der Waals surface area contributed by atoms with Gasteiger partial charge in [-0.15, -0.1) is 0 Å². The van der Waals surface area contributed by atoms with Gasteiger partial charge in [0.15, 0.2) is 17.3 Å². The molecule has 0 aromatic heterocycles. The van der Waals surface area contributed by atoms with Gasteiger partial charge in [0.05, 0.1) is 18.4 Å². The Labute approximate surface area is 228 Å². The van der Waals surface area contributed by atoms with Crippen molar-refractivity contribution in [3.05, 3.63) is 107 Å². The van der Waals surface area contributed by atoms with E-state index in [1.165, 1.54) is 0 Å². The van der Waals surface area contributed by atoms with E-state index in [4.69, 9.17) is 22.9 Å². The largest absolute Gasteiger partial charge is 0.370 e. The third-order valence-corrected chi connectivity index (χ3v) is 6.60. The topological polar surface area (TPSA) is 180 Å². The lowest BCUT2D eigenvalue weighted by molar-refractivity contribution is -0.137. The summed E-state index contributed by atoms with van der Waals surface area (Å²) < 4.78 is 0. The molecule has 0 saturated carbocycles. The molecule has 0 aliphatic heterocycles. The number of amides is 2.